The van der Waals surface area contributed by atoms with Gasteiger partial charge in [0.1, 0.15) is 11.6 Å². The Morgan fingerprint density at radius 3 is 2.11 bits per heavy atom. The summed E-state index contributed by atoms with van der Waals surface area (Å²) in [5, 5.41) is 7.62. The summed E-state index contributed by atoms with van der Waals surface area (Å²) in [6, 6.07) is 20.3. The van der Waals surface area contributed by atoms with E-state index in [4.69, 9.17) is 38.5 Å². The number of para-hydroxylation sites is 1. The molecular formula is C26H30ClN7OS. The molecule has 3 aromatic rings. The molecule has 0 atom stereocenters. The minimum Gasteiger partial charge on any atom is -0.378 e. The Labute approximate surface area is 222 Å². The van der Waals surface area contributed by atoms with Gasteiger partial charge in [0.15, 0.2) is 5.11 Å². The molecule has 0 unspecified atom stereocenters. The molecule has 3 heterocycles. The van der Waals surface area contributed by atoms with Crippen LogP contribution >= 0.6 is 23.8 Å². The van der Waals surface area contributed by atoms with Gasteiger partial charge in [0, 0.05) is 62.6 Å². The molecule has 0 spiro atoms. The highest BCUT2D eigenvalue weighted by Gasteiger charge is 2.22. The molecule has 0 aliphatic carbocycles. The minimum absolute atomic E-state index is 0.476. The predicted molar refractivity (Wildman–Crippen MR) is 150 cm³/mol. The number of piperazine rings is 1. The molecule has 0 amide bonds. The van der Waals surface area contributed by atoms with Gasteiger partial charge in [-0.05, 0) is 42.0 Å². The van der Waals surface area contributed by atoms with Crippen LogP contribution in [0.4, 0.5) is 23.3 Å². The Hall–Kier alpha value is -3.14. The predicted octanol–water partition coefficient (Wildman–Crippen LogP) is 3.78. The van der Waals surface area contributed by atoms with E-state index < -0.39 is 0 Å². The molecular weight excluding hydrogens is 494 g/mol. The van der Waals surface area contributed by atoms with Gasteiger partial charge in [-0.1, -0.05) is 41.9 Å². The second kappa shape index (κ2) is 11.7. The number of hydrogen-bond acceptors (Lipinski definition) is 7. The van der Waals surface area contributed by atoms with Crippen LogP contribution in [0, 0.1) is 0 Å². The van der Waals surface area contributed by atoms with Crippen molar-refractivity contribution in [2.24, 2.45) is 0 Å². The second-order valence-corrected chi connectivity index (χ2v) is 9.60. The number of nitrogens with zero attached hydrogens (tertiary/aromatic N) is 5. The summed E-state index contributed by atoms with van der Waals surface area (Å²) in [5.41, 5.74) is 2.34. The van der Waals surface area contributed by atoms with E-state index >= 15 is 0 Å². The van der Waals surface area contributed by atoms with Crippen LogP contribution < -0.4 is 25.3 Å². The summed E-state index contributed by atoms with van der Waals surface area (Å²) in [5.74, 6) is 2.28. The van der Waals surface area contributed by atoms with Crippen molar-refractivity contribution >= 4 is 52.2 Å². The summed E-state index contributed by atoms with van der Waals surface area (Å²) >= 11 is 11.5. The van der Waals surface area contributed by atoms with Gasteiger partial charge in [-0.15, -0.1) is 0 Å². The maximum atomic E-state index is 5.99. The van der Waals surface area contributed by atoms with Crippen molar-refractivity contribution in [3.05, 3.63) is 71.2 Å². The number of benzene rings is 2. The van der Waals surface area contributed by atoms with Crippen molar-refractivity contribution in [3.63, 3.8) is 0 Å². The van der Waals surface area contributed by atoms with E-state index in [0.717, 1.165) is 56.5 Å². The Kier molecular flexibility index (Phi) is 8.00. The first-order valence-corrected chi connectivity index (χ1v) is 13.0. The molecule has 0 saturated carbocycles. The first-order chi connectivity index (χ1) is 17.6. The second-order valence-electron chi connectivity index (χ2n) is 8.75. The number of thiocarbonyl (C=S) groups is 1. The van der Waals surface area contributed by atoms with E-state index in [2.05, 4.69) is 61.7 Å². The fraction of sp³-hybridized carbons (Fsp3) is 0.346. The van der Waals surface area contributed by atoms with Crippen LogP contribution in [0.1, 0.15) is 5.56 Å². The number of rotatable bonds is 6. The zero-order valence-corrected chi connectivity index (χ0v) is 21.6. The average Bonchev–Trinajstić information content (AvgIpc) is 2.94. The van der Waals surface area contributed by atoms with Crippen molar-refractivity contribution < 1.29 is 4.74 Å². The molecule has 188 valence electrons. The quantitative estimate of drug-likeness (QED) is 0.470. The van der Waals surface area contributed by atoms with E-state index in [0.29, 0.717) is 35.8 Å². The largest absolute Gasteiger partial charge is 0.378 e. The number of aromatic nitrogens is 2. The molecule has 8 nitrogen and oxygen atoms in total. The van der Waals surface area contributed by atoms with Crippen LogP contribution in [0.25, 0.3) is 0 Å². The normalized spacial score (nSPS) is 16.1. The minimum atomic E-state index is 0.476. The van der Waals surface area contributed by atoms with Crippen LogP contribution in [-0.2, 0) is 11.3 Å². The van der Waals surface area contributed by atoms with Gasteiger partial charge in [0.2, 0.25) is 5.95 Å². The topological polar surface area (TPSA) is 68.8 Å². The molecule has 0 radical (unpaired) electrons. The molecule has 2 aliphatic rings. The number of nitrogens with one attached hydrogen (secondary N) is 2. The molecule has 5 rings (SSSR count). The van der Waals surface area contributed by atoms with Gasteiger partial charge < -0.3 is 30.1 Å². The molecule has 1 aromatic heterocycles. The van der Waals surface area contributed by atoms with Crippen molar-refractivity contribution in [2.75, 3.05) is 72.5 Å². The third kappa shape index (κ3) is 6.34. The van der Waals surface area contributed by atoms with Crippen LogP contribution in [0.15, 0.2) is 60.7 Å². The van der Waals surface area contributed by atoms with E-state index in [-0.39, 0.29) is 0 Å². The molecule has 2 aliphatic heterocycles. The summed E-state index contributed by atoms with van der Waals surface area (Å²) in [7, 11) is 0. The average molecular weight is 524 g/mol. The SMILES string of the molecule is S=C(NCc1ccc(Cl)cc1)Nc1nc(N2CCOCC2)cc(N2CCN(c3ccccc3)CC2)n1. The van der Waals surface area contributed by atoms with Gasteiger partial charge >= 0.3 is 0 Å². The van der Waals surface area contributed by atoms with Gasteiger partial charge in [-0.3, -0.25) is 0 Å². The van der Waals surface area contributed by atoms with Gasteiger partial charge in [-0.25, -0.2) is 0 Å². The summed E-state index contributed by atoms with van der Waals surface area (Å²) in [6.45, 7) is 7.21. The van der Waals surface area contributed by atoms with Gasteiger partial charge in [0.05, 0.1) is 13.2 Å². The highest BCUT2D eigenvalue weighted by atomic mass is 35.5. The van der Waals surface area contributed by atoms with Crippen LogP contribution in [0.5, 0.6) is 0 Å². The highest BCUT2D eigenvalue weighted by molar-refractivity contribution is 7.80. The third-order valence-electron chi connectivity index (χ3n) is 6.35. The molecule has 2 aromatic carbocycles. The van der Waals surface area contributed by atoms with E-state index in [1.54, 1.807) is 0 Å². The number of ether oxygens (including phenoxy) is 1. The van der Waals surface area contributed by atoms with E-state index in [1.165, 1.54) is 5.69 Å². The maximum absolute atomic E-state index is 5.99. The van der Waals surface area contributed by atoms with Crippen molar-refractivity contribution in [1.82, 2.24) is 15.3 Å². The Balaban J connectivity index is 1.28. The summed E-state index contributed by atoms with van der Waals surface area (Å²) in [6.07, 6.45) is 0. The maximum Gasteiger partial charge on any atom is 0.232 e. The van der Waals surface area contributed by atoms with Gasteiger partial charge in [-0.2, -0.15) is 9.97 Å². The number of anilines is 4. The fourth-order valence-corrected chi connectivity index (χ4v) is 4.65. The standard InChI is InChI=1S/C26H30ClN7OS/c27-21-8-6-20(7-9-21)19-28-26(36)31-25-29-23(18-24(30-25)34-14-16-35-17-15-34)33-12-10-32(11-13-33)22-4-2-1-3-5-22/h1-9,18H,10-17,19H2,(H2,28,29,30,31,36). The number of halogens is 1. The fourth-order valence-electron chi connectivity index (χ4n) is 4.36. The summed E-state index contributed by atoms with van der Waals surface area (Å²) in [4.78, 5) is 16.6. The lowest BCUT2D eigenvalue weighted by molar-refractivity contribution is 0.122. The number of morpholine rings is 1. The Morgan fingerprint density at radius 1 is 0.833 bits per heavy atom. The van der Waals surface area contributed by atoms with E-state index in [1.807, 2.05) is 24.3 Å². The zero-order valence-electron chi connectivity index (χ0n) is 20.1. The summed E-state index contributed by atoms with van der Waals surface area (Å²) < 4.78 is 5.54. The first kappa shape index (κ1) is 24.5. The molecule has 10 heteroatoms. The van der Waals surface area contributed by atoms with Crippen molar-refractivity contribution in [2.45, 2.75) is 6.54 Å². The highest BCUT2D eigenvalue weighted by Crippen LogP contribution is 2.24. The van der Waals surface area contributed by atoms with Crippen LogP contribution in [-0.4, -0.2) is 67.6 Å². The lowest BCUT2D eigenvalue weighted by atomic mass is 10.2. The monoisotopic (exact) mass is 523 g/mol. The van der Waals surface area contributed by atoms with Crippen LogP contribution in [0.3, 0.4) is 0 Å². The van der Waals surface area contributed by atoms with Crippen molar-refractivity contribution in [1.29, 1.82) is 0 Å². The third-order valence-corrected chi connectivity index (χ3v) is 6.85. The molecule has 2 saturated heterocycles. The van der Waals surface area contributed by atoms with Crippen LogP contribution in [0.2, 0.25) is 5.02 Å². The van der Waals surface area contributed by atoms with Gasteiger partial charge in [0.25, 0.3) is 0 Å². The zero-order chi connectivity index (χ0) is 24.7. The molecule has 0 bridgehead atoms. The molecule has 2 N–H and O–H groups in total. The lowest BCUT2D eigenvalue weighted by Gasteiger charge is -2.37. The lowest BCUT2D eigenvalue weighted by Crippen LogP contribution is -2.47. The Morgan fingerprint density at radius 2 is 1.44 bits per heavy atom. The Bertz CT molecular complexity index is 1150. The molecule has 2 fully saturated rings. The number of hydrogen-bond donors (Lipinski definition) is 2. The van der Waals surface area contributed by atoms with Crippen molar-refractivity contribution in [3.8, 4) is 0 Å². The molecule has 36 heavy (non-hydrogen) atoms. The smallest absolute Gasteiger partial charge is 0.232 e. The first-order valence-electron chi connectivity index (χ1n) is 12.2. The van der Waals surface area contributed by atoms with E-state index in [9.17, 15) is 0 Å².